The molecule has 2 nitrogen and oxygen atoms in total. The molecule has 13 heavy (non-hydrogen) atoms. The van der Waals surface area contributed by atoms with Crippen LogP contribution in [0.5, 0.6) is 0 Å². The number of aryl methyl sites for hydroxylation is 1. The molecule has 0 spiro atoms. The van der Waals surface area contributed by atoms with Gasteiger partial charge in [-0.2, -0.15) is 10.5 Å². The third-order valence-electron chi connectivity index (χ3n) is 1.03. The summed E-state index contributed by atoms with van der Waals surface area (Å²) in [6.07, 6.45) is 0. The zero-order valence-electron chi connectivity index (χ0n) is 7.40. The normalized spacial score (nSPS) is 6.38. The van der Waals surface area contributed by atoms with Crippen molar-refractivity contribution in [2.75, 3.05) is 0 Å². The first-order valence-electron chi connectivity index (χ1n) is 3.27. The summed E-state index contributed by atoms with van der Waals surface area (Å²) in [5, 5.41) is 18.3. The minimum absolute atomic E-state index is 0. The summed E-state index contributed by atoms with van der Waals surface area (Å²) >= 11 is 0.574. The Morgan fingerprint density at radius 1 is 1.08 bits per heavy atom. The van der Waals surface area contributed by atoms with E-state index in [0.29, 0.717) is 11.8 Å². The Morgan fingerprint density at radius 3 is 1.69 bits per heavy atom. The fourth-order valence-electron chi connectivity index (χ4n) is 0.555. The van der Waals surface area contributed by atoms with Crippen molar-refractivity contribution >= 4 is 11.8 Å². The molecule has 0 saturated heterocycles. The second kappa shape index (κ2) is 11.2. The van der Waals surface area contributed by atoms with Gasteiger partial charge in [0.15, 0.2) is 0 Å². The summed E-state index contributed by atoms with van der Waals surface area (Å²) in [7, 11) is 0. The molecule has 1 aromatic carbocycles. The van der Waals surface area contributed by atoms with Crippen molar-refractivity contribution in [1.29, 1.82) is 10.5 Å². The van der Waals surface area contributed by atoms with Crippen LogP contribution in [-0.4, -0.2) is 0 Å². The molecule has 0 heterocycles. The van der Waals surface area contributed by atoms with E-state index in [1.807, 2.05) is 18.2 Å². The topological polar surface area (TPSA) is 47.6 Å². The molecule has 0 aromatic heterocycles. The van der Waals surface area contributed by atoms with Crippen molar-refractivity contribution in [3.8, 4) is 10.8 Å². The fourth-order valence-corrected chi connectivity index (χ4v) is 0.596. The summed E-state index contributed by atoms with van der Waals surface area (Å²) in [4.78, 5) is 0. The zero-order valence-corrected chi connectivity index (χ0v) is 11.2. The van der Waals surface area contributed by atoms with Crippen molar-refractivity contribution in [2.24, 2.45) is 0 Å². The van der Waals surface area contributed by atoms with Gasteiger partial charge < -0.3 is 0 Å². The largest absolute Gasteiger partial charge is 0.184 e. The van der Waals surface area contributed by atoms with Crippen LogP contribution in [0.15, 0.2) is 30.3 Å². The Hall–Kier alpha value is -0.827. The van der Waals surface area contributed by atoms with Crippen LogP contribution in [-0.2, 0) is 19.5 Å². The van der Waals surface area contributed by atoms with E-state index in [4.69, 9.17) is 10.5 Å². The molecule has 0 bridgehead atoms. The smallest absolute Gasteiger partial charge is 0.149 e. The minimum Gasteiger partial charge on any atom is -0.184 e. The second-order valence-electron chi connectivity index (χ2n) is 1.94. The van der Waals surface area contributed by atoms with Crippen molar-refractivity contribution in [3.05, 3.63) is 35.9 Å². The van der Waals surface area contributed by atoms with E-state index in [9.17, 15) is 0 Å². The van der Waals surface area contributed by atoms with Crippen LogP contribution in [0.1, 0.15) is 5.56 Å². The van der Waals surface area contributed by atoms with E-state index in [-0.39, 0.29) is 19.5 Å². The number of hydrogen-bond donors (Lipinski definition) is 0. The Balaban J connectivity index is 0. The van der Waals surface area contributed by atoms with Gasteiger partial charge in [-0.25, -0.2) is 0 Å². The van der Waals surface area contributed by atoms with Gasteiger partial charge in [0.2, 0.25) is 0 Å². The Kier molecular flexibility index (Phi) is 12.6. The molecule has 0 atom stereocenters. The first kappa shape index (κ1) is 14.7. The van der Waals surface area contributed by atoms with Gasteiger partial charge in [0.1, 0.15) is 10.8 Å². The molecule has 0 fully saturated rings. The van der Waals surface area contributed by atoms with Gasteiger partial charge in [-0.1, -0.05) is 35.9 Å². The first-order chi connectivity index (χ1) is 5.81. The van der Waals surface area contributed by atoms with Crippen LogP contribution in [0.25, 0.3) is 0 Å². The van der Waals surface area contributed by atoms with Crippen LogP contribution in [0.4, 0.5) is 0 Å². The number of thioether (sulfide) groups is 1. The van der Waals surface area contributed by atoms with Crippen molar-refractivity contribution in [3.63, 3.8) is 0 Å². The van der Waals surface area contributed by atoms with E-state index < -0.39 is 0 Å². The van der Waals surface area contributed by atoms with Crippen LogP contribution >= 0.6 is 11.8 Å². The molecule has 0 saturated carbocycles. The third-order valence-corrected chi connectivity index (χ3v) is 1.21. The predicted molar refractivity (Wildman–Crippen MR) is 50.0 cm³/mol. The van der Waals surface area contributed by atoms with Gasteiger partial charge in [0, 0.05) is 19.5 Å². The molecule has 0 aliphatic carbocycles. The van der Waals surface area contributed by atoms with Crippen LogP contribution in [0, 0.1) is 28.3 Å². The van der Waals surface area contributed by atoms with Crippen LogP contribution in [0.3, 0.4) is 0 Å². The maximum Gasteiger partial charge on any atom is 0.149 e. The molecule has 62 valence electrons. The molecule has 0 radical (unpaired) electrons. The summed E-state index contributed by atoms with van der Waals surface area (Å²) in [6, 6.07) is 10.3. The van der Waals surface area contributed by atoms with E-state index >= 15 is 0 Å². The Labute approximate surface area is 95.3 Å². The molecule has 1 rings (SSSR count). The monoisotopic (exact) mass is 240 g/mol. The fraction of sp³-hybridized carbons (Fsp3) is 0.111. The molecule has 0 N–H and O–H groups in total. The third kappa shape index (κ3) is 11.2. The Morgan fingerprint density at radius 2 is 1.54 bits per heavy atom. The molecule has 0 aliphatic heterocycles. The summed E-state index contributed by atoms with van der Waals surface area (Å²) in [5.74, 6) is 0. The number of nitriles is 2. The van der Waals surface area contributed by atoms with Crippen molar-refractivity contribution < 1.29 is 19.5 Å². The van der Waals surface area contributed by atoms with Crippen molar-refractivity contribution in [1.82, 2.24) is 0 Å². The van der Waals surface area contributed by atoms with Gasteiger partial charge in [-0.05, 0) is 6.92 Å². The van der Waals surface area contributed by atoms with E-state index in [0.717, 1.165) is 0 Å². The number of nitrogens with zero attached hydrogens (tertiary/aromatic N) is 2. The van der Waals surface area contributed by atoms with E-state index in [1.165, 1.54) is 5.56 Å². The summed E-state index contributed by atoms with van der Waals surface area (Å²) in [6.45, 7) is 2.08. The SMILES string of the molecule is Cc1ccccc1.N#CSC#N.[Zn]. The molecule has 4 heteroatoms. The first-order valence-corrected chi connectivity index (χ1v) is 4.08. The van der Waals surface area contributed by atoms with Gasteiger partial charge in [0.25, 0.3) is 0 Å². The number of rotatable bonds is 0. The van der Waals surface area contributed by atoms with Gasteiger partial charge in [-0.15, -0.1) is 0 Å². The molecule has 0 aliphatic rings. The molecule has 0 amide bonds. The predicted octanol–water partition coefficient (Wildman–Crippen LogP) is 2.67. The van der Waals surface area contributed by atoms with Gasteiger partial charge >= 0.3 is 0 Å². The number of thiocyanates is 2. The quantitative estimate of drug-likeness (QED) is 0.518. The minimum atomic E-state index is 0. The average molecular weight is 242 g/mol. The molecule has 0 unspecified atom stereocenters. The summed E-state index contributed by atoms with van der Waals surface area (Å²) in [5.41, 5.74) is 1.32. The number of hydrogen-bond acceptors (Lipinski definition) is 3. The maximum atomic E-state index is 7.56. The average Bonchev–Trinajstić information content (AvgIpc) is 2.08. The molecular formula is C9H8N2SZn. The standard InChI is InChI=1S/C7H8.C2N2S.Zn/c1-7-5-3-2-4-6-7;3-1-5-2-4;/h2-6H,1H3;;. The van der Waals surface area contributed by atoms with E-state index in [2.05, 4.69) is 19.1 Å². The molecule has 1 aromatic rings. The number of benzene rings is 1. The maximum absolute atomic E-state index is 7.56. The summed E-state index contributed by atoms with van der Waals surface area (Å²) < 4.78 is 0. The van der Waals surface area contributed by atoms with Gasteiger partial charge in [-0.3, -0.25) is 0 Å². The van der Waals surface area contributed by atoms with E-state index in [1.54, 1.807) is 10.8 Å². The Bertz CT molecular complexity index is 275. The molecular weight excluding hydrogens is 234 g/mol. The van der Waals surface area contributed by atoms with Crippen LogP contribution < -0.4 is 0 Å². The second-order valence-corrected chi connectivity index (χ2v) is 2.51. The van der Waals surface area contributed by atoms with Crippen LogP contribution in [0.2, 0.25) is 0 Å². The van der Waals surface area contributed by atoms with Gasteiger partial charge in [0.05, 0.1) is 11.8 Å². The van der Waals surface area contributed by atoms with Crippen molar-refractivity contribution in [2.45, 2.75) is 6.92 Å². The zero-order chi connectivity index (χ0) is 9.23.